The molecule has 5 nitrogen and oxygen atoms in total. The largest absolute Gasteiger partial charge is 0.349 e. The van der Waals surface area contributed by atoms with Crippen LogP contribution >= 0.6 is 0 Å². The number of benzene rings is 2. The fourth-order valence-electron chi connectivity index (χ4n) is 3.91. The van der Waals surface area contributed by atoms with Crippen molar-refractivity contribution in [2.45, 2.75) is 32.2 Å². The summed E-state index contributed by atoms with van der Waals surface area (Å²) in [6.45, 7) is 6.46. The molecule has 0 atom stereocenters. The van der Waals surface area contributed by atoms with Crippen molar-refractivity contribution in [2.75, 3.05) is 10.8 Å². The number of carbonyl (C=O) groups is 1. The Morgan fingerprint density at radius 2 is 1.77 bits per heavy atom. The van der Waals surface area contributed by atoms with Gasteiger partial charge in [0.05, 0.1) is 17.1 Å². The van der Waals surface area contributed by atoms with E-state index in [-0.39, 0.29) is 17.2 Å². The van der Waals surface area contributed by atoms with Crippen LogP contribution in [0, 0.1) is 13.8 Å². The number of aryl methyl sites for hydroxylation is 1. The predicted octanol–water partition coefficient (Wildman–Crippen LogP) is 3.67. The molecule has 1 aliphatic heterocycles. The number of ketones is 1. The number of hydrogen-bond donors (Lipinski definition) is 0. The second kappa shape index (κ2) is 5.71. The maximum absolute atomic E-state index is 13.0. The number of hydrogen-bond acceptors (Lipinski definition) is 3. The van der Waals surface area contributed by atoms with E-state index in [2.05, 4.69) is 4.57 Å². The van der Waals surface area contributed by atoms with E-state index in [1.165, 1.54) is 4.31 Å². The summed E-state index contributed by atoms with van der Waals surface area (Å²) in [5, 5.41) is 1.56. The molecule has 0 fully saturated rings. The molecule has 1 aromatic heterocycles. The van der Waals surface area contributed by atoms with E-state index in [4.69, 9.17) is 0 Å². The fraction of sp³-hybridized carbons (Fsp3) is 0.250. The van der Waals surface area contributed by atoms with Crippen LogP contribution in [0.15, 0.2) is 47.4 Å². The lowest BCUT2D eigenvalue weighted by Gasteiger charge is -2.18. The van der Waals surface area contributed by atoms with Crippen LogP contribution in [0.1, 0.15) is 28.7 Å². The van der Waals surface area contributed by atoms with Crippen molar-refractivity contribution in [1.82, 2.24) is 4.57 Å². The second-order valence-electron chi connectivity index (χ2n) is 6.60. The highest BCUT2D eigenvalue weighted by molar-refractivity contribution is 7.93. The van der Waals surface area contributed by atoms with E-state index in [0.717, 1.165) is 23.3 Å². The zero-order valence-electron chi connectivity index (χ0n) is 15.0. The summed E-state index contributed by atoms with van der Waals surface area (Å²) in [6.07, 6.45) is 0. The molecular formula is C20H20N2O3S. The molecule has 0 N–H and O–H groups in total. The molecule has 0 radical (unpaired) electrons. The molecule has 2 aromatic carbocycles. The lowest BCUT2D eigenvalue weighted by atomic mass is 10.1. The van der Waals surface area contributed by atoms with Gasteiger partial charge in [0.15, 0.2) is 5.78 Å². The molecule has 26 heavy (non-hydrogen) atoms. The number of rotatable bonds is 4. The standard InChI is InChI=1S/C20H20N2O3S/c1-4-21-13(2)11-16(14(21)3)18(23)12-22-17-9-5-7-15-8-6-10-19(20(15)17)26(22,24)25/h5-11H,4,12H2,1-3H3. The third-order valence-electron chi connectivity index (χ3n) is 5.16. The first-order valence-electron chi connectivity index (χ1n) is 8.60. The van der Waals surface area contributed by atoms with Gasteiger partial charge in [0.25, 0.3) is 10.0 Å². The van der Waals surface area contributed by atoms with Crippen LogP contribution in [-0.2, 0) is 16.6 Å². The number of nitrogens with zero attached hydrogens (tertiary/aromatic N) is 2. The summed E-state index contributed by atoms with van der Waals surface area (Å²) in [6, 6.07) is 12.5. The summed E-state index contributed by atoms with van der Waals surface area (Å²) in [5.41, 5.74) is 3.05. The van der Waals surface area contributed by atoms with Gasteiger partial charge in [-0.05, 0) is 44.4 Å². The molecule has 2 heterocycles. The van der Waals surface area contributed by atoms with Gasteiger partial charge in [0, 0.05) is 28.9 Å². The summed E-state index contributed by atoms with van der Waals surface area (Å²) >= 11 is 0. The van der Waals surface area contributed by atoms with E-state index < -0.39 is 10.0 Å². The SMILES string of the molecule is CCn1c(C)cc(C(=O)CN2c3cccc4cccc(c34)S2(=O)=O)c1C. The lowest BCUT2D eigenvalue weighted by Crippen LogP contribution is -2.33. The van der Waals surface area contributed by atoms with Crippen LogP contribution in [0.25, 0.3) is 10.8 Å². The van der Waals surface area contributed by atoms with Crippen molar-refractivity contribution in [3.05, 3.63) is 59.4 Å². The Bertz CT molecular complexity index is 1150. The first-order valence-corrected chi connectivity index (χ1v) is 10.0. The summed E-state index contributed by atoms with van der Waals surface area (Å²) in [7, 11) is -3.72. The number of sulfonamides is 1. The minimum atomic E-state index is -3.72. The average molecular weight is 368 g/mol. The number of anilines is 1. The molecule has 0 amide bonds. The van der Waals surface area contributed by atoms with Crippen molar-refractivity contribution in [3.63, 3.8) is 0 Å². The molecular weight excluding hydrogens is 348 g/mol. The predicted molar refractivity (Wildman–Crippen MR) is 102 cm³/mol. The highest BCUT2D eigenvalue weighted by atomic mass is 32.2. The molecule has 0 bridgehead atoms. The topological polar surface area (TPSA) is 59.4 Å². The molecule has 4 rings (SSSR count). The first kappa shape index (κ1) is 16.8. The van der Waals surface area contributed by atoms with Gasteiger partial charge in [-0.25, -0.2) is 8.42 Å². The monoisotopic (exact) mass is 368 g/mol. The van der Waals surface area contributed by atoms with Gasteiger partial charge in [-0.1, -0.05) is 24.3 Å². The molecule has 3 aromatic rings. The van der Waals surface area contributed by atoms with E-state index in [0.29, 0.717) is 16.6 Å². The lowest BCUT2D eigenvalue weighted by molar-refractivity contribution is 0.100. The molecule has 0 saturated heterocycles. The summed E-state index contributed by atoms with van der Waals surface area (Å²) in [4.78, 5) is 13.2. The maximum Gasteiger partial charge on any atom is 0.265 e. The Hall–Kier alpha value is -2.60. The molecule has 0 aliphatic carbocycles. The van der Waals surface area contributed by atoms with Gasteiger partial charge in [0.2, 0.25) is 0 Å². The summed E-state index contributed by atoms with van der Waals surface area (Å²) < 4.78 is 29.3. The van der Waals surface area contributed by atoms with Gasteiger partial charge in [0.1, 0.15) is 0 Å². The van der Waals surface area contributed by atoms with Crippen molar-refractivity contribution < 1.29 is 13.2 Å². The second-order valence-corrected chi connectivity index (χ2v) is 8.43. The van der Waals surface area contributed by atoms with Gasteiger partial charge in [-0.2, -0.15) is 0 Å². The van der Waals surface area contributed by atoms with Crippen LogP contribution in [0.2, 0.25) is 0 Å². The van der Waals surface area contributed by atoms with Crippen molar-refractivity contribution in [2.24, 2.45) is 0 Å². The third kappa shape index (κ3) is 2.22. The van der Waals surface area contributed by atoms with E-state index >= 15 is 0 Å². The molecule has 134 valence electrons. The van der Waals surface area contributed by atoms with Crippen LogP contribution < -0.4 is 4.31 Å². The quantitative estimate of drug-likeness (QED) is 0.660. The Morgan fingerprint density at radius 1 is 1.08 bits per heavy atom. The average Bonchev–Trinajstić information content (AvgIpc) is 3.02. The van der Waals surface area contributed by atoms with E-state index in [9.17, 15) is 13.2 Å². The molecule has 0 unspecified atom stereocenters. The number of carbonyl (C=O) groups excluding carboxylic acids is 1. The van der Waals surface area contributed by atoms with Crippen molar-refractivity contribution in [3.8, 4) is 0 Å². The third-order valence-corrected chi connectivity index (χ3v) is 6.96. The Morgan fingerprint density at radius 3 is 2.42 bits per heavy atom. The van der Waals surface area contributed by atoms with Crippen molar-refractivity contribution in [1.29, 1.82) is 0 Å². The minimum absolute atomic E-state index is 0.189. The normalized spacial score (nSPS) is 15.0. The van der Waals surface area contributed by atoms with Crippen LogP contribution in [0.4, 0.5) is 5.69 Å². The highest BCUT2D eigenvalue weighted by Crippen LogP contribution is 2.42. The van der Waals surface area contributed by atoms with E-state index in [1.807, 2.05) is 45.0 Å². The van der Waals surface area contributed by atoms with Crippen molar-refractivity contribution >= 4 is 32.3 Å². The highest BCUT2D eigenvalue weighted by Gasteiger charge is 2.37. The molecule has 6 heteroatoms. The Balaban J connectivity index is 1.79. The molecule has 0 spiro atoms. The smallest absolute Gasteiger partial charge is 0.265 e. The van der Waals surface area contributed by atoms with Crippen LogP contribution in [0.3, 0.4) is 0 Å². The number of Topliss-reactive ketones (excluding diaryl/α,β-unsaturated/α-hetero) is 1. The fourth-order valence-corrected chi connectivity index (χ4v) is 5.58. The number of aromatic nitrogens is 1. The maximum atomic E-state index is 13.0. The van der Waals surface area contributed by atoms with Gasteiger partial charge < -0.3 is 4.57 Å². The first-order chi connectivity index (χ1) is 12.4. The van der Waals surface area contributed by atoms with Gasteiger partial charge in [-0.3, -0.25) is 9.10 Å². The minimum Gasteiger partial charge on any atom is -0.349 e. The Kier molecular flexibility index (Phi) is 3.70. The van der Waals surface area contributed by atoms with Crippen LogP contribution in [0.5, 0.6) is 0 Å². The van der Waals surface area contributed by atoms with Gasteiger partial charge in [-0.15, -0.1) is 0 Å². The zero-order valence-corrected chi connectivity index (χ0v) is 15.8. The summed E-state index contributed by atoms with van der Waals surface area (Å²) in [5.74, 6) is -0.189. The molecule has 0 saturated carbocycles. The Labute approximate surface area is 152 Å². The van der Waals surface area contributed by atoms with Crippen LogP contribution in [-0.4, -0.2) is 25.3 Å². The molecule has 1 aliphatic rings. The zero-order chi connectivity index (χ0) is 18.6. The van der Waals surface area contributed by atoms with E-state index in [1.54, 1.807) is 18.2 Å². The van der Waals surface area contributed by atoms with Gasteiger partial charge >= 0.3 is 0 Å².